The Labute approximate surface area is 82.1 Å². The number of hydrogen-bond acceptors (Lipinski definition) is 1. The first-order chi connectivity index (χ1) is 6.18. The molecule has 1 heteroatoms. The fraction of sp³-hybridized carbons (Fsp3) is 1.00. The van der Waals surface area contributed by atoms with Crippen LogP contribution in [0.5, 0.6) is 0 Å². The average Bonchev–Trinajstić information content (AvgIpc) is 2.06. The standard InChI is InChI=1S/C12H23N/c1-10-3-5-11(6-4-10)9-12(13)7-2-8-12/h10-11H,2-9,13H2,1H3. The summed E-state index contributed by atoms with van der Waals surface area (Å²) in [5, 5.41) is 0. The van der Waals surface area contributed by atoms with Crippen LogP contribution in [0.1, 0.15) is 58.3 Å². The van der Waals surface area contributed by atoms with Crippen LogP contribution in [0.4, 0.5) is 0 Å². The van der Waals surface area contributed by atoms with Gasteiger partial charge in [-0.15, -0.1) is 0 Å². The second-order valence-corrected chi connectivity index (χ2v) is 5.55. The highest BCUT2D eigenvalue weighted by atomic mass is 14.8. The molecule has 2 fully saturated rings. The molecule has 0 bridgehead atoms. The average molecular weight is 181 g/mol. The van der Waals surface area contributed by atoms with Gasteiger partial charge in [0.15, 0.2) is 0 Å². The van der Waals surface area contributed by atoms with Crippen LogP contribution in [-0.2, 0) is 0 Å². The van der Waals surface area contributed by atoms with Gasteiger partial charge < -0.3 is 5.73 Å². The van der Waals surface area contributed by atoms with Crippen LogP contribution in [0.3, 0.4) is 0 Å². The maximum atomic E-state index is 6.27. The molecule has 0 atom stereocenters. The van der Waals surface area contributed by atoms with Crippen molar-refractivity contribution in [3.05, 3.63) is 0 Å². The molecular weight excluding hydrogens is 158 g/mol. The predicted octanol–water partition coefficient (Wildman–Crippen LogP) is 3.08. The third kappa shape index (κ3) is 2.25. The minimum Gasteiger partial charge on any atom is -0.325 e. The first-order valence-corrected chi connectivity index (χ1v) is 5.97. The molecule has 0 aromatic heterocycles. The Morgan fingerprint density at radius 1 is 1.15 bits per heavy atom. The lowest BCUT2D eigenvalue weighted by Gasteiger charge is -2.42. The van der Waals surface area contributed by atoms with E-state index in [1.54, 1.807) is 0 Å². The lowest BCUT2D eigenvalue weighted by molar-refractivity contribution is 0.161. The normalized spacial score (nSPS) is 38.3. The van der Waals surface area contributed by atoms with Crippen molar-refractivity contribution in [3.63, 3.8) is 0 Å². The van der Waals surface area contributed by atoms with Crippen LogP contribution in [0.15, 0.2) is 0 Å². The van der Waals surface area contributed by atoms with Crippen LogP contribution < -0.4 is 5.73 Å². The Hall–Kier alpha value is -0.0400. The molecule has 0 unspecified atom stereocenters. The zero-order chi connectivity index (χ0) is 9.31. The van der Waals surface area contributed by atoms with Crippen LogP contribution in [0, 0.1) is 11.8 Å². The second-order valence-electron chi connectivity index (χ2n) is 5.55. The molecule has 1 nitrogen and oxygen atoms in total. The van der Waals surface area contributed by atoms with Gasteiger partial charge in [0.1, 0.15) is 0 Å². The highest BCUT2D eigenvalue weighted by Crippen LogP contribution is 2.40. The van der Waals surface area contributed by atoms with Gasteiger partial charge in [0.05, 0.1) is 0 Å². The summed E-state index contributed by atoms with van der Waals surface area (Å²) in [6.07, 6.45) is 11.1. The fourth-order valence-electron chi connectivity index (χ4n) is 2.94. The van der Waals surface area contributed by atoms with Gasteiger partial charge >= 0.3 is 0 Å². The van der Waals surface area contributed by atoms with E-state index in [-0.39, 0.29) is 5.54 Å². The van der Waals surface area contributed by atoms with E-state index in [4.69, 9.17) is 5.73 Å². The third-order valence-electron chi connectivity index (χ3n) is 4.18. The number of rotatable bonds is 2. The Balaban J connectivity index is 1.76. The largest absolute Gasteiger partial charge is 0.325 e. The van der Waals surface area contributed by atoms with Crippen molar-refractivity contribution in [2.45, 2.75) is 63.8 Å². The summed E-state index contributed by atoms with van der Waals surface area (Å²) in [7, 11) is 0. The Kier molecular flexibility index (Phi) is 2.64. The van der Waals surface area contributed by atoms with Crippen molar-refractivity contribution in [1.82, 2.24) is 0 Å². The van der Waals surface area contributed by atoms with Gasteiger partial charge in [-0.1, -0.05) is 32.6 Å². The second kappa shape index (κ2) is 3.61. The quantitative estimate of drug-likeness (QED) is 0.696. The third-order valence-corrected chi connectivity index (χ3v) is 4.18. The van der Waals surface area contributed by atoms with E-state index in [1.165, 1.54) is 51.4 Å². The molecule has 2 N–H and O–H groups in total. The van der Waals surface area contributed by atoms with E-state index in [1.807, 2.05) is 0 Å². The minimum atomic E-state index is 0.269. The van der Waals surface area contributed by atoms with Gasteiger partial charge in [0.2, 0.25) is 0 Å². The van der Waals surface area contributed by atoms with E-state index >= 15 is 0 Å². The van der Waals surface area contributed by atoms with Gasteiger partial charge in [0, 0.05) is 5.54 Å². The first-order valence-electron chi connectivity index (χ1n) is 5.97. The molecule has 2 aliphatic rings. The summed E-state index contributed by atoms with van der Waals surface area (Å²) in [5.41, 5.74) is 6.54. The molecule has 2 saturated carbocycles. The van der Waals surface area contributed by atoms with E-state index in [0.29, 0.717) is 0 Å². The molecule has 0 aromatic carbocycles. The smallest absolute Gasteiger partial charge is 0.0157 e. The Morgan fingerprint density at radius 3 is 2.23 bits per heavy atom. The van der Waals surface area contributed by atoms with Crippen molar-refractivity contribution in [1.29, 1.82) is 0 Å². The number of hydrogen-bond donors (Lipinski definition) is 1. The molecule has 0 amide bonds. The van der Waals surface area contributed by atoms with Crippen molar-refractivity contribution < 1.29 is 0 Å². The summed E-state index contributed by atoms with van der Waals surface area (Å²) in [6, 6.07) is 0. The summed E-state index contributed by atoms with van der Waals surface area (Å²) >= 11 is 0. The van der Waals surface area contributed by atoms with Crippen LogP contribution in [0.25, 0.3) is 0 Å². The lowest BCUT2D eigenvalue weighted by Crippen LogP contribution is -2.48. The van der Waals surface area contributed by atoms with E-state index < -0.39 is 0 Å². The van der Waals surface area contributed by atoms with Crippen molar-refractivity contribution >= 4 is 0 Å². The number of nitrogens with two attached hydrogens (primary N) is 1. The predicted molar refractivity (Wildman–Crippen MR) is 56.5 cm³/mol. The molecule has 2 rings (SSSR count). The summed E-state index contributed by atoms with van der Waals surface area (Å²) < 4.78 is 0. The zero-order valence-corrected chi connectivity index (χ0v) is 8.89. The fourth-order valence-corrected chi connectivity index (χ4v) is 2.94. The molecule has 76 valence electrons. The van der Waals surface area contributed by atoms with Gasteiger partial charge in [-0.3, -0.25) is 0 Å². The summed E-state index contributed by atoms with van der Waals surface area (Å²) in [4.78, 5) is 0. The highest BCUT2D eigenvalue weighted by molar-refractivity contribution is 4.94. The first kappa shape index (κ1) is 9.51. The van der Waals surface area contributed by atoms with Gasteiger partial charge in [-0.25, -0.2) is 0 Å². The van der Waals surface area contributed by atoms with Gasteiger partial charge in [-0.2, -0.15) is 0 Å². The molecule has 0 saturated heterocycles. The maximum Gasteiger partial charge on any atom is 0.0157 e. The topological polar surface area (TPSA) is 26.0 Å². The van der Waals surface area contributed by atoms with E-state index in [0.717, 1.165) is 11.8 Å². The molecule has 0 aliphatic heterocycles. The SMILES string of the molecule is CC1CCC(CC2(N)CCC2)CC1. The van der Waals surface area contributed by atoms with Crippen molar-refractivity contribution in [3.8, 4) is 0 Å². The van der Waals surface area contributed by atoms with Crippen LogP contribution in [-0.4, -0.2) is 5.54 Å². The molecule has 0 heterocycles. The molecule has 0 radical (unpaired) electrons. The molecule has 13 heavy (non-hydrogen) atoms. The maximum absolute atomic E-state index is 6.27. The summed E-state index contributed by atoms with van der Waals surface area (Å²) in [5.74, 6) is 1.94. The monoisotopic (exact) mass is 181 g/mol. The van der Waals surface area contributed by atoms with Crippen molar-refractivity contribution in [2.24, 2.45) is 17.6 Å². The molecular formula is C12H23N. The van der Waals surface area contributed by atoms with Crippen LogP contribution in [0.2, 0.25) is 0 Å². The minimum absolute atomic E-state index is 0.269. The van der Waals surface area contributed by atoms with Gasteiger partial charge in [-0.05, 0) is 37.5 Å². The van der Waals surface area contributed by atoms with Gasteiger partial charge in [0.25, 0.3) is 0 Å². The zero-order valence-electron chi connectivity index (χ0n) is 8.89. The van der Waals surface area contributed by atoms with E-state index in [2.05, 4.69) is 6.92 Å². The van der Waals surface area contributed by atoms with Crippen LogP contribution >= 0.6 is 0 Å². The van der Waals surface area contributed by atoms with Crippen molar-refractivity contribution in [2.75, 3.05) is 0 Å². The highest BCUT2D eigenvalue weighted by Gasteiger charge is 2.35. The van der Waals surface area contributed by atoms with E-state index in [9.17, 15) is 0 Å². The Morgan fingerprint density at radius 2 is 1.77 bits per heavy atom. The molecule has 2 aliphatic carbocycles. The lowest BCUT2D eigenvalue weighted by atomic mass is 9.68. The molecule has 0 aromatic rings. The summed E-state index contributed by atoms with van der Waals surface area (Å²) in [6.45, 7) is 2.39. The Bertz CT molecular complexity index is 164. The molecule has 0 spiro atoms.